The molecule has 0 bridgehead atoms. The first-order valence-electron chi connectivity index (χ1n) is 6.26. The van der Waals surface area contributed by atoms with Gasteiger partial charge in [0.05, 0.1) is 0 Å². The van der Waals surface area contributed by atoms with E-state index in [0.717, 1.165) is 41.5 Å². The molecule has 1 aromatic rings. The number of hydrogen-bond donors (Lipinski definition) is 1. The number of rotatable bonds is 2. The quantitative estimate of drug-likeness (QED) is 0.901. The summed E-state index contributed by atoms with van der Waals surface area (Å²) in [5.41, 5.74) is 1.01. The van der Waals surface area contributed by atoms with Crippen LogP contribution in [-0.2, 0) is 6.54 Å². The second-order valence-corrected chi connectivity index (χ2v) is 6.17. The molecule has 0 radical (unpaired) electrons. The third-order valence-corrected chi connectivity index (χ3v) is 4.35. The second-order valence-electron chi connectivity index (χ2n) is 5.25. The fourth-order valence-corrected chi connectivity index (χ4v) is 2.82. The Morgan fingerprint density at radius 3 is 2.82 bits per heavy atom. The van der Waals surface area contributed by atoms with E-state index < -0.39 is 0 Å². The van der Waals surface area contributed by atoms with Crippen LogP contribution in [0, 0.1) is 11.8 Å². The molecular weight excluding hydrogens is 278 g/mol. The highest BCUT2D eigenvalue weighted by atomic mass is 79.9. The van der Waals surface area contributed by atoms with Crippen LogP contribution >= 0.6 is 15.9 Å². The summed E-state index contributed by atoms with van der Waals surface area (Å²) in [6.07, 6.45) is 1.26. The van der Waals surface area contributed by atoms with Gasteiger partial charge in [-0.25, -0.2) is 0 Å². The van der Waals surface area contributed by atoms with Gasteiger partial charge in [0, 0.05) is 23.1 Å². The van der Waals surface area contributed by atoms with Crippen molar-refractivity contribution in [3.05, 3.63) is 28.2 Å². The van der Waals surface area contributed by atoms with Crippen LogP contribution in [0.2, 0.25) is 0 Å². The highest BCUT2D eigenvalue weighted by molar-refractivity contribution is 9.10. The van der Waals surface area contributed by atoms with Crippen LogP contribution in [0.3, 0.4) is 0 Å². The number of piperidine rings is 1. The topological polar surface area (TPSA) is 23.5 Å². The molecule has 0 aliphatic carbocycles. The molecule has 2 nitrogen and oxygen atoms in total. The van der Waals surface area contributed by atoms with Gasteiger partial charge in [-0.2, -0.15) is 0 Å². The Morgan fingerprint density at radius 1 is 1.35 bits per heavy atom. The van der Waals surface area contributed by atoms with Crippen LogP contribution in [0.1, 0.15) is 25.8 Å². The van der Waals surface area contributed by atoms with Gasteiger partial charge in [0.25, 0.3) is 0 Å². The minimum absolute atomic E-state index is 0.402. The van der Waals surface area contributed by atoms with Gasteiger partial charge in [0.1, 0.15) is 5.75 Å². The van der Waals surface area contributed by atoms with E-state index in [2.05, 4.69) is 34.7 Å². The van der Waals surface area contributed by atoms with Crippen LogP contribution in [0.25, 0.3) is 0 Å². The Hall–Kier alpha value is -0.540. The Morgan fingerprint density at radius 2 is 2.12 bits per heavy atom. The van der Waals surface area contributed by atoms with Crippen molar-refractivity contribution in [1.29, 1.82) is 0 Å². The largest absolute Gasteiger partial charge is 0.508 e. The van der Waals surface area contributed by atoms with Crippen molar-refractivity contribution in [2.45, 2.75) is 26.8 Å². The fourth-order valence-electron chi connectivity index (χ4n) is 2.41. The summed E-state index contributed by atoms with van der Waals surface area (Å²) >= 11 is 3.45. The van der Waals surface area contributed by atoms with Crippen molar-refractivity contribution in [2.75, 3.05) is 13.1 Å². The van der Waals surface area contributed by atoms with Crippen LogP contribution < -0.4 is 0 Å². The average Bonchev–Trinajstić information content (AvgIpc) is 2.29. The number of aromatic hydroxyl groups is 1. The molecule has 0 spiro atoms. The molecule has 1 N–H and O–H groups in total. The zero-order chi connectivity index (χ0) is 12.4. The third-order valence-electron chi connectivity index (χ3n) is 3.85. The Kier molecular flexibility index (Phi) is 4.10. The van der Waals surface area contributed by atoms with Crippen molar-refractivity contribution in [3.63, 3.8) is 0 Å². The third kappa shape index (κ3) is 3.23. The standard InChI is InChI=1S/C14H20BrNO/c1-10-5-6-16(8-11(10)2)9-12-7-13(15)3-4-14(12)17/h3-4,7,10-11,17H,5-6,8-9H2,1-2H3. The molecule has 1 saturated heterocycles. The highest BCUT2D eigenvalue weighted by Gasteiger charge is 2.23. The molecule has 3 heteroatoms. The van der Waals surface area contributed by atoms with Crippen LogP contribution in [0.5, 0.6) is 5.75 Å². The van der Waals surface area contributed by atoms with E-state index in [1.54, 1.807) is 6.07 Å². The SMILES string of the molecule is CC1CCN(Cc2cc(Br)ccc2O)CC1C. The van der Waals surface area contributed by atoms with Gasteiger partial charge in [-0.05, 0) is 43.0 Å². The number of hydrogen-bond acceptors (Lipinski definition) is 2. The predicted molar refractivity (Wildman–Crippen MR) is 74.0 cm³/mol. The molecule has 94 valence electrons. The van der Waals surface area contributed by atoms with Gasteiger partial charge in [-0.15, -0.1) is 0 Å². The zero-order valence-corrected chi connectivity index (χ0v) is 12.1. The molecule has 2 atom stereocenters. The predicted octanol–water partition coefficient (Wildman–Crippen LogP) is 3.63. The molecule has 1 aromatic carbocycles. The fraction of sp³-hybridized carbons (Fsp3) is 0.571. The van der Waals surface area contributed by atoms with Gasteiger partial charge in [0.15, 0.2) is 0 Å². The lowest BCUT2D eigenvalue weighted by Crippen LogP contribution is -2.37. The van der Waals surface area contributed by atoms with E-state index in [1.165, 1.54) is 6.42 Å². The first-order valence-corrected chi connectivity index (χ1v) is 7.05. The molecule has 0 aromatic heterocycles. The Balaban J connectivity index is 2.03. The van der Waals surface area contributed by atoms with Gasteiger partial charge < -0.3 is 5.11 Å². The lowest BCUT2D eigenvalue weighted by molar-refractivity contribution is 0.131. The summed E-state index contributed by atoms with van der Waals surface area (Å²) < 4.78 is 1.03. The molecule has 1 aliphatic heterocycles. The van der Waals surface area contributed by atoms with Crippen LogP contribution in [-0.4, -0.2) is 23.1 Å². The van der Waals surface area contributed by atoms with Crippen molar-refractivity contribution in [1.82, 2.24) is 4.90 Å². The van der Waals surface area contributed by atoms with Crippen LogP contribution in [0.15, 0.2) is 22.7 Å². The summed E-state index contributed by atoms with van der Waals surface area (Å²) in [6, 6.07) is 5.65. The Labute approximate surface area is 112 Å². The molecule has 1 aliphatic rings. The van der Waals surface area contributed by atoms with Crippen molar-refractivity contribution in [3.8, 4) is 5.75 Å². The minimum atomic E-state index is 0.402. The number of phenols is 1. The summed E-state index contributed by atoms with van der Waals surface area (Å²) in [7, 11) is 0. The molecule has 1 fully saturated rings. The van der Waals surface area contributed by atoms with Crippen molar-refractivity contribution < 1.29 is 5.11 Å². The second kappa shape index (κ2) is 5.40. The molecule has 2 unspecified atom stereocenters. The maximum atomic E-state index is 9.84. The smallest absolute Gasteiger partial charge is 0.120 e. The van der Waals surface area contributed by atoms with E-state index in [1.807, 2.05) is 12.1 Å². The van der Waals surface area contributed by atoms with E-state index >= 15 is 0 Å². The maximum Gasteiger partial charge on any atom is 0.120 e. The normalized spacial score (nSPS) is 26.1. The minimum Gasteiger partial charge on any atom is -0.508 e. The maximum absolute atomic E-state index is 9.84. The van der Waals surface area contributed by atoms with Crippen molar-refractivity contribution in [2.24, 2.45) is 11.8 Å². The van der Waals surface area contributed by atoms with E-state index in [4.69, 9.17) is 0 Å². The number of nitrogens with zero attached hydrogens (tertiary/aromatic N) is 1. The van der Waals surface area contributed by atoms with Gasteiger partial charge in [-0.1, -0.05) is 29.8 Å². The van der Waals surface area contributed by atoms with E-state index in [9.17, 15) is 5.11 Å². The first-order chi connectivity index (χ1) is 8.06. The molecule has 1 heterocycles. The van der Waals surface area contributed by atoms with Crippen molar-refractivity contribution >= 4 is 15.9 Å². The number of benzene rings is 1. The summed E-state index contributed by atoms with van der Waals surface area (Å²) in [5.74, 6) is 1.97. The van der Waals surface area contributed by atoms with Crippen LogP contribution in [0.4, 0.5) is 0 Å². The summed E-state index contributed by atoms with van der Waals surface area (Å²) in [6.45, 7) is 7.77. The molecular formula is C14H20BrNO. The monoisotopic (exact) mass is 297 g/mol. The van der Waals surface area contributed by atoms with E-state index in [0.29, 0.717) is 5.75 Å². The number of halogens is 1. The zero-order valence-electron chi connectivity index (χ0n) is 10.5. The molecule has 0 saturated carbocycles. The summed E-state index contributed by atoms with van der Waals surface area (Å²) in [5, 5.41) is 9.84. The molecule has 0 amide bonds. The number of phenolic OH excluding ortho intramolecular Hbond substituents is 1. The Bertz CT molecular complexity index is 394. The molecule has 17 heavy (non-hydrogen) atoms. The lowest BCUT2D eigenvalue weighted by Gasteiger charge is -2.35. The summed E-state index contributed by atoms with van der Waals surface area (Å²) in [4.78, 5) is 2.44. The lowest BCUT2D eigenvalue weighted by atomic mass is 9.88. The highest BCUT2D eigenvalue weighted by Crippen LogP contribution is 2.27. The molecule has 2 rings (SSSR count). The number of likely N-dealkylation sites (tertiary alicyclic amines) is 1. The van der Waals surface area contributed by atoms with Gasteiger partial charge in [-0.3, -0.25) is 4.90 Å². The average molecular weight is 298 g/mol. The van der Waals surface area contributed by atoms with Gasteiger partial charge >= 0.3 is 0 Å². The van der Waals surface area contributed by atoms with E-state index in [-0.39, 0.29) is 0 Å². The first kappa shape index (κ1) is 12.9. The van der Waals surface area contributed by atoms with Gasteiger partial charge in [0.2, 0.25) is 0 Å².